The number of carbonyl (C=O) groups excluding carboxylic acids is 3. The van der Waals surface area contributed by atoms with Crippen molar-refractivity contribution in [1.29, 1.82) is 0 Å². The maximum Gasteiger partial charge on any atom is 0.433 e. The Morgan fingerprint density at radius 2 is 1.76 bits per heavy atom. The van der Waals surface area contributed by atoms with Gasteiger partial charge in [0.25, 0.3) is 17.7 Å². The highest BCUT2D eigenvalue weighted by molar-refractivity contribution is 6.34. The maximum atomic E-state index is 12.6. The number of nitrogens with zero attached hydrogens (tertiary/aromatic N) is 1. The Balaban J connectivity index is 1.60. The highest BCUT2D eigenvalue weighted by Crippen LogP contribution is 2.19. The number of aromatic hydroxyl groups is 1. The molecule has 0 aliphatic rings. The van der Waals surface area contributed by atoms with E-state index < -0.39 is 52.8 Å². The summed E-state index contributed by atoms with van der Waals surface area (Å²) in [5.41, 5.74) is 0.675. The summed E-state index contributed by atoms with van der Waals surface area (Å²) >= 11 is 6.15. The van der Waals surface area contributed by atoms with Gasteiger partial charge in [0.1, 0.15) is 16.7 Å². The van der Waals surface area contributed by atoms with Crippen molar-refractivity contribution in [2.75, 3.05) is 6.54 Å². The van der Waals surface area contributed by atoms with Crippen LogP contribution >= 0.6 is 11.6 Å². The van der Waals surface area contributed by atoms with Gasteiger partial charge in [-0.25, -0.2) is 4.79 Å². The van der Waals surface area contributed by atoms with E-state index in [-0.39, 0.29) is 28.4 Å². The van der Waals surface area contributed by atoms with Crippen molar-refractivity contribution >= 4 is 41.2 Å². The van der Waals surface area contributed by atoms with Crippen LogP contribution in [-0.4, -0.2) is 51.4 Å². The number of amides is 3. The summed E-state index contributed by atoms with van der Waals surface area (Å²) in [5.74, 6) is -4.81. The number of halogens is 1. The lowest BCUT2D eigenvalue weighted by Gasteiger charge is -2.16. The minimum atomic E-state index is -1.58. The second-order valence-electron chi connectivity index (χ2n) is 7.52. The number of carboxylic acids is 1. The fourth-order valence-corrected chi connectivity index (χ4v) is 3.32. The first kappa shape index (κ1) is 26.7. The lowest BCUT2D eigenvalue weighted by Crippen LogP contribution is -2.48. The molecule has 1 aromatic heterocycles. The van der Waals surface area contributed by atoms with Gasteiger partial charge in [0.05, 0.1) is 16.7 Å². The maximum absolute atomic E-state index is 12.6. The van der Waals surface area contributed by atoms with E-state index in [0.717, 1.165) is 12.1 Å². The van der Waals surface area contributed by atoms with Crippen LogP contribution in [0.4, 0.5) is 5.88 Å². The van der Waals surface area contributed by atoms with Gasteiger partial charge in [-0.3, -0.25) is 24.5 Å². The zero-order valence-electron chi connectivity index (χ0n) is 18.8. The van der Waals surface area contributed by atoms with E-state index in [0.29, 0.717) is 5.56 Å². The third-order valence-electron chi connectivity index (χ3n) is 4.91. The van der Waals surface area contributed by atoms with E-state index in [1.165, 1.54) is 30.3 Å². The number of phenols is 1. The first-order valence-corrected chi connectivity index (χ1v) is 10.8. The molecule has 14 heteroatoms. The molecule has 5 N–H and O–H groups in total. The molecule has 3 amide bonds. The second kappa shape index (κ2) is 11.7. The van der Waals surface area contributed by atoms with Crippen molar-refractivity contribution in [1.82, 2.24) is 16.0 Å². The van der Waals surface area contributed by atoms with Crippen LogP contribution in [0.1, 0.15) is 36.8 Å². The van der Waals surface area contributed by atoms with Crippen LogP contribution in [0, 0.1) is 10.1 Å². The number of furan rings is 1. The van der Waals surface area contributed by atoms with Crippen LogP contribution in [0.25, 0.3) is 0 Å². The summed E-state index contributed by atoms with van der Waals surface area (Å²) in [6.07, 6.45) is 0. The zero-order valence-corrected chi connectivity index (χ0v) is 19.5. The van der Waals surface area contributed by atoms with Gasteiger partial charge in [-0.2, -0.15) is 0 Å². The molecule has 0 spiro atoms. The minimum Gasteiger partial charge on any atom is -0.508 e. The van der Waals surface area contributed by atoms with Crippen LogP contribution in [0.2, 0.25) is 5.02 Å². The van der Waals surface area contributed by atoms with E-state index in [2.05, 4.69) is 16.0 Å². The second-order valence-corrected chi connectivity index (χ2v) is 7.92. The quantitative estimate of drug-likeness (QED) is 0.192. The van der Waals surface area contributed by atoms with Gasteiger partial charge < -0.3 is 30.6 Å². The van der Waals surface area contributed by atoms with Gasteiger partial charge in [-0.1, -0.05) is 23.7 Å². The summed E-state index contributed by atoms with van der Waals surface area (Å²) in [6, 6.07) is 10.5. The molecule has 13 nitrogen and oxygen atoms in total. The smallest absolute Gasteiger partial charge is 0.433 e. The fraction of sp³-hybridized carbons (Fsp3) is 0.130. The van der Waals surface area contributed by atoms with Crippen LogP contribution in [-0.2, 0) is 11.3 Å². The van der Waals surface area contributed by atoms with Crippen molar-refractivity contribution < 1.29 is 38.7 Å². The molecule has 0 aliphatic carbocycles. The molecule has 1 atom stereocenters. The van der Waals surface area contributed by atoms with E-state index in [9.17, 15) is 39.5 Å². The van der Waals surface area contributed by atoms with Crippen molar-refractivity contribution in [2.45, 2.75) is 12.6 Å². The summed E-state index contributed by atoms with van der Waals surface area (Å²) in [5, 5.41) is 36.5. The van der Waals surface area contributed by atoms with E-state index in [1.807, 2.05) is 0 Å². The topological polar surface area (TPSA) is 201 Å². The summed E-state index contributed by atoms with van der Waals surface area (Å²) in [6.45, 7) is -0.438. The number of benzene rings is 2. The summed E-state index contributed by atoms with van der Waals surface area (Å²) in [7, 11) is 0. The van der Waals surface area contributed by atoms with Gasteiger partial charge in [0, 0.05) is 18.7 Å². The Bertz CT molecular complexity index is 1370. The van der Waals surface area contributed by atoms with E-state index >= 15 is 0 Å². The van der Waals surface area contributed by atoms with Crippen molar-refractivity contribution in [3.8, 4) is 5.75 Å². The number of nitrogens with one attached hydrogen (secondary N) is 3. The number of carbonyl (C=O) groups is 4. The number of hydrogen-bond donors (Lipinski definition) is 5. The monoisotopic (exact) mass is 530 g/mol. The third-order valence-corrected chi connectivity index (χ3v) is 5.22. The molecule has 0 saturated heterocycles. The predicted octanol–water partition coefficient (Wildman–Crippen LogP) is 2.09. The number of aliphatic carboxylic acids is 1. The van der Waals surface area contributed by atoms with Crippen molar-refractivity contribution in [3.63, 3.8) is 0 Å². The number of rotatable bonds is 10. The Morgan fingerprint density at radius 1 is 1.00 bits per heavy atom. The SMILES string of the molecule is O=C(NCc1cccc(O)c1)c1ccc(C(=O)N[C@@H](CNC(=O)c2ccc([N+](=O)[O-])o2)C(=O)O)c(Cl)c1. The molecule has 1 heterocycles. The number of carboxylic acid groups (broad SMARTS) is 1. The average Bonchev–Trinajstić information content (AvgIpc) is 3.35. The lowest BCUT2D eigenvalue weighted by molar-refractivity contribution is -0.402. The van der Waals surface area contributed by atoms with Crippen LogP contribution in [0.15, 0.2) is 59.0 Å². The van der Waals surface area contributed by atoms with E-state index in [4.69, 9.17) is 16.0 Å². The van der Waals surface area contributed by atoms with Gasteiger partial charge in [-0.15, -0.1) is 0 Å². The molecule has 3 rings (SSSR count). The molecule has 37 heavy (non-hydrogen) atoms. The lowest BCUT2D eigenvalue weighted by atomic mass is 10.1. The van der Waals surface area contributed by atoms with Gasteiger partial charge in [0.2, 0.25) is 0 Å². The highest BCUT2D eigenvalue weighted by Gasteiger charge is 2.24. The molecular weight excluding hydrogens is 512 g/mol. The van der Waals surface area contributed by atoms with Crippen LogP contribution in [0.3, 0.4) is 0 Å². The van der Waals surface area contributed by atoms with Gasteiger partial charge in [-0.05, 0) is 42.0 Å². The number of phenolic OH excluding ortho intramolecular Hbond substituents is 1. The van der Waals surface area contributed by atoms with E-state index in [1.54, 1.807) is 12.1 Å². The third kappa shape index (κ3) is 7.05. The van der Waals surface area contributed by atoms with Crippen molar-refractivity contribution in [3.05, 3.63) is 92.2 Å². The first-order valence-electron chi connectivity index (χ1n) is 10.5. The fourth-order valence-electron chi connectivity index (χ4n) is 3.06. The predicted molar refractivity (Wildman–Crippen MR) is 127 cm³/mol. The molecule has 3 aromatic rings. The standard InChI is InChI=1S/C23H19ClN4O9/c24-16-9-13(20(30)25-10-12-2-1-3-14(29)8-12)4-5-15(16)21(31)27-17(23(33)34)11-26-22(32)18-6-7-19(37-18)28(35)36/h1-9,17,29H,10-11H2,(H,25,30)(H,26,32)(H,27,31)(H,33,34)/t17-/m0/s1. The largest absolute Gasteiger partial charge is 0.508 e. The molecule has 0 aliphatic heterocycles. The summed E-state index contributed by atoms with van der Waals surface area (Å²) < 4.78 is 4.74. The molecule has 0 unspecified atom stereocenters. The number of nitro groups is 1. The van der Waals surface area contributed by atoms with Crippen molar-refractivity contribution in [2.24, 2.45) is 0 Å². The molecule has 0 radical (unpaired) electrons. The highest BCUT2D eigenvalue weighted by atomic mass is 35.5. The Kier molecular flexibility index (Phi) is 8.43. The van der Waals surface area contributed by atoms with Gasteiger partial charge in [0.15, 0.2) is 5.76 Å². The molecule has 0 fully saturated rings. The minimum absolute atomic E-state index is 0.0503. The first-order chi connectivity index (χ1) is 17.5. The molecule has 0 saturated carbocycles. The normalized spacial score (nSPS) is 11.3. The van der Waals surface area contributed by atoms with Crippen LogP contribution in [0.5, 0.6) is 5.75 Å². The van der Waals surface area contributed by atoms with Crippen LogP contribution < -0.4 is 16.0 Å². The van der Waals surface area contributed by atoms with Gasteiger partial charge >= 0.3 is 11.9 Å². The Morgan fingerprint density at radius 3 is 2.38 bits per heavy atom. The zero-order chi connectivity index (χ0) is 27.1. The summed E-state index contributed by atoms with van der Waals surface area (Å²) in [4.78, 5) is 58.5. The molecule has 192 valence electrons. The average molecular weight is 531 g/mol. The molecule has 2 aromatic carbocycles. The molecule has 0 bridgehead atoms. The number of hydrogen-bond acceptors (Lipinski definition) is 8. The Labute approximate surface area is 213 Å². The molecular formula is C23H19ClN4O9. The Hall–Kier alpha value is -4.91.